The highest BCUT2D eigenvalue weighted by Crippen LogP contribution is 2.24. The second-order valence-corrected chi connectivity index (χ2v) is 3.46. The molecule has 1 radical (unpaired) electrons. The number of Topliss-reactive ketones (excluding diaryl/α,β-unsaturated/α-hetero) is 1. The first kappa shape index (κ1) is 8.70. The average Bonchev–Trinajstić information content (AvgIpc) is 2.00. The molecule has 1 heterocycles. The number of carbonyl (C=O) groups is 2. The second-order valence-electron chi connectivity index (χ2n) is 2.39. The van der Waals surface area contributed by atoms with Crippen LogP contribution in [0.25, 0.3) is 0 Å². The molecule has 0 aliphatic carbocycles. The number of rotatable bonds is 1. The summed E-state index contributed by atoms with van der Waals surface area (Å²) in [5.41, 5.74) is -1.91. The zero-order valence-corrected chi connectivity index (χ0v) is 6.52. The minimum absolute atomic E-state index is 0.0890. The van der Waals surface area contributed by atoms with E-state index >= 15 is 0 Å². The highest BCUT2D eigenvalue weighted by atomic mass is 32.2. The minimum atomic E-state index is -1.91. The van der Waals surface area contributed by atoms with Gasteiger partial charge < -0.3 is 5.11 Å². The molecule has 5 heteroatoms. The van der Waals surface area contributed by atoms with Crippen molar-refractivity contribution in [1.29, 1.82) is 0 Å². The zero-order chi connectivity index (χ0) is 8.48. The van der Waals surface area contributed by atoms with E-state index in [9.17, 15) is 19.8 Å². The van der Waals surface area contributed by atoms with E-state index in [4.69, 9.17) is 0 Å². The maximum absolute atomic E-state index is 10.9. The number of aliphatic hydroxyl groups is 1. The van der Waals surface area contributed by atoms with Crippen LogP contribution in [-0.4, -0.2) is 34.0 Å². The van der Waals surface area contributed by atoms with Gasteiger partial charge in [-0.05, 0) is 6.42 Å². The third kappa shape index (κ3) is 1.45. The van der Waals surface area contributed by atoms with E-state index in [1.807, 2.05) is 0 Å². The van der Waals surface area contributed by atoms with Crippen molar-refractivity contribution in [1.82, 2.24) is 0 Å². The molecule has 1 atom stereocenters. The monoisotopic (exact) mass is 175 g/mol. The number of thioether (sulfide) groups is 1. The summed E-state index contributed by atoms with van der Waals surface area (Å²) in [4.78, 5) is 21.5. The van der Waals surface area contributed by atoms with Crippen LogP contribution in [0.3, 0.4) is 0 Å². The Labute approximate surface area is 67.6 Å². The lowest BCUT2D eigenvalue weighted by Gasteiger charge is -2.25. The first-order chi connectivity index (χ1) is 5.10. The molecule has 1 unspecified atom stereocenters. The maximum atomic E-state index is 10.9. The Hall–Kier alpha value is -0.390. The molecule has 0 bridgehead atoms. The first-order valence-electron chi connectivity index (χ1n) is 3.12. The van der Waals surface area contributed by atoms with Crippen LogP contribution in [0.1, 0.15) is 6.42 Å². The van der Waals surface area contributed by atoms with E-state index in [2.05, 4.69) is 0 Å². The van der Waals surface area contributed by atoms with Crippen LogP contribution in [0.2, 0.25) is 0 Å². The molecule has 61 valence electrons. The molecule has 0 aromatic carbocycles. The number of hydrogen-bond acceptors (Lipinski definition) is 4. The van der Waals surface area contributed by atoms with Gasteiger partial charge >= 0.3 is 0 Å². The van der Waals surface area contributed by atoms with Gasteiger partial charge in [0, 0.05) is 5.75 Å². The molecule has 1 fully saturated rings. The molecular formula is C6H7O4S. The number of carbonyl (C=O) groups excluding carboxylic acids is 2. The normalized spacial score (nSPS) is 32.5. The van der Waals surface area contributed by atoms with E-state index in [-0.39, 0.29) is 6.42 Å². The van der Waals surface area contributed by atoms with Crippen LogP contribution in [0.4, 0.5) is 0 Å². The van der Waals surface area contributed by atoms with Crippen molar-refractivity contribution in [3.63, 3.8) is 0 Å². The lowest BCUT2D eigenvalue weighted by molar-refractivity contribution is -0.150. The van der Waals surface area contributed by atoms with E-state index in [0.29, 0.717) is 5.75 Å². The van der Waals surface area contributed by atoms with Gasteiger partial charge in [0.2, 0.25) is 5.78 Å². The Morgan fingerprint density at radius 1 is 1.55 bits per heavy atom. The molecule has 1 rings (SSSR count). The maximum Gasteiger partial charge on any atom is 0.258 e. The first-order valence-corrected chi connectivity index (χ1v) is 4.11. The van der Waals surface area contributed by atoms with Crippen LogP contribution >= 0.6 is 11.8 Å². The molecule has 1 aliphatic heterocycles. The molecule has 0 aromatic heterocycles. The minimum Gasteiger partial charge on any atom is -0.379 e. The summed E-state index contributed by atoms with van der Waals surface area (Å²) < 4.78 is 0. The molecule has 1 saturated heterocycles. The summed E-state index contributed by atoms with van der Waals surface area (Å²) in [6, 6.07) is 0. The molecule has 4 nitrogen and oxygen atoms in total. The lowest BCUT2D eigenvalue weighted by atomic mass is 9.97. The smallest absolute Gasteiger partial charge is 0.258 e. The van der Waals surface area contributed by atoms with Gasteiger partial charge in [0.05, 0.1) is 0 Å². The predicted octanol–water partition coefficient (Wildman–Crippen LogP) is -0.619. The van der Waals surface area contributed by atoms with Crippen molar-refractivity contribution in [3.05, 3.63) is 0 Å². The standard InChI is InChI=1S/C6H7O4S/c7-3-6(10)1-2-11-5(9)4(6)8/h10H,1-3H2. The summed E-state index contributed by atoms with van der Waals surface area (Å²) in [5.74, 6) is -0.590. The van der Waals surface area contributed by atoms with Crippen LogP contribution in [0, 0.1) is 0 Å². The van der Waals surface area contributed by atoms with Gasteiger partial charge in [-0.2, -0.15) is 0 Å². The zero-order valence-electron chi connectivity index (χ0n) is 5.70. The summed E-state index contributed by atoms with van der Waals surface area (Å²) >= 11 is 0.857. The summed E-state index contributed by atoms with van der Waals surface area (Å²) in [6.45, 7) is -0.919. The average molecular weight is 175 g/mol. The van der Waals surface area contributed by atoms with Gasteiger partial charge in [0.15, 0.2) is 5.60 Å². The van der Waals surface area contributed by atoms with Crippen molar-refractivity contribution < 1.29 is 19.8 Å². The van der Waals surface area contributed by atoms with E-state index in [1.54, 1.807) is 0 Å². The molecule has 0 amide bonds. The van der Waals surface area contributed by atoms with Crippen LogP contribution in [0.15, 0.2) is 0 Å². The van der Waals surface area contributed by atoms with Gasteiger partial charge in [0.25, 0.3) is 5.12 Å². The largest absolute Gasteiger partial charge is 0.379 e. The summed E-state index contributed by atoms with van der Waals surface area (Å²) in [6.07, 6.45) is 0.0890. The molecule has 11 heavy (non-hydrogen) atoms. The summed E-state index contributed by atoms with van der Waals surface area (Å²) in [5, 5.41) is 18.9. The fourth-order valence-electron chi connectivity index (χ4n) is 0.819. The van der Waals surface area contributed by atoms with Gasteiger partial charge in [0.1, 0.15) is 6.61 Å². The predicted molar refractivity (Wildman–Crippen MR) is 37.6 cm³/mol. The molecule has 0 aromatic rings. The molecular weight excluding hydrogens is 168 g/mol. The molecule has 1 aliphatic rings. The Bertz CT molecular complexity index is 203. The number of ketones is 1. The third-order valence-electron chi connectivity index (χ3n) is 1.60. The molecule has 0 saturated carbocycles. The Morgan fingerprint density at radius 3 is 2.64 bits per heavy atom. The number of hydrogen-bond donors (Lipinski definition) is 1. The van der Waals surface area contributed by atoms with Gasteiger partial charge in [-0.1, -0.05) is 11.8 Å². The second kappa shape index (κ2) is 2.92. The van der Waals surface area contributed by atoms with Crippen LogP contribution in [0.5, 0.6) is 0 Å². The van der Waals surface area contributed by atoms with Crippen molar-refractivity contribution >= 4 is 22.7 Å². The van der Waals surface area contributed by atoms with Crippen LogP contribution in [-0.2, 0) is 14.7 Å². The quantitative estimate of drug-likeness (QED) is 0.539. The van der Waals surface area contributed by atoms with Gasteiger partial charge in [-0.25, -0.2) is 5.11 Å². The fourth-order valence-corrected chi connectivity index (χ4v) is 1.77. The summed E-state index contributed by atoms with van der Waals surface area (Å²) in [7, 11) is 0. The Morgan fingerprint density at radius 2 is 2.18 bits per heavy atom. The lowest BCUT2D eigenvalue weighted by Crippen LogP contribution is -2.48. The van der Waals surface area contributed by atoms with E-state index in [0.717, 1.165) is 11.8 Å². The third-order valence-corrected chi connectivity index (χ3v) is 2.45. The Balaban J connectivity index is 2.81. The van der Waals surface area contributed by atoms with Gasteiger partial charge in [-0.15, -0.1) is 0 Å². The van der Waals surface area contributed by atoms with Crippen molar-refractivity contribution in [2.24, 2.45) is 0 Å². The highest BCUT2D eigenvalue weighted by Gasteiger charge is 2.43. The van der Waals surface area contributed by atoms with E-state index < -0.39 is 23.1 Å². The Kier molecular flexibility index (Phi) is 2.31. The highest BCUT2D eigenvalue weighted by molar-refractivity contribution is 8.15. The fraction of sp³-hybridized carbons (Fsp3) is 0.667. The van der Waals surface area contributed by atoms with E-state index in [1.165, 1.54) is 0 Å². The van der Waals surface area contributed by atoms with Crippen molar-refractivity contribution in [2.45, 2.75) is 12.0 Å². The molecule has 0 spiro atoms. The topological polar surface area (TPSA) is 74.3 Å². The SMILES string of the molecule is [O]CC1(O)CCSC(=O)C1=O. The van der Waals surface area contributed by atoms with Crippen molar-refractivity contribution in [3.8, 4) is 0 Å². The van der Waals surface area contributed by atoms with Crippen LogP contribution < -0.4 is 0 Å². The van der Waals surface area contributed by atoms with Gasteiger partial charge in [-0.3, -0.25) is 9.59 Å². The molecule has 1 N–H and O–H groups in total. The van der Waals surface area contributed by atoms with Crippen molar-refractivity contribution in [2.75, 3.05) is 12.4 Å².